The van der Waals surface area contributed by atoms with Gasteiger partial charge in [-0.1, -0.05) is 13.3 Å². The van der Waals surface area contributed by atoms with Gasteiger partial charge in [-0.25, -0.2) is 4.79 Å². The molecule has 5 heteroatoms. The van der Waals surface area contributed by atoms with Gasteiger partial charge >= 0.3 is 6.03 Å². The molecule has 88 valence electrons. The Morgan fingerprint density at radius 3 is 2.20 bits per heavy atom. The van der Waals surface area contributed by atoms with Gasteiger partial charge < -0.3 is 16.4 Å². The van der Waals surface area contributed by atoms with Crippen molar-refractivity contribution < 1.29 is 9.59 Å². The van der Waals surface area contributed by atoms with E-state index in [-0.39, 0.29) is 5.91 Å². The van der Waals surface area contributed by atoms with E-state index in [9.17, 15) is 9.59 Å². The number of unbranched alkanes of at least 4 members (excludes halogenated alkanes) is 2. The summed E-state index contributed by atoms with van der Waals surface area (Å²) < 4.78 is 0. The van der Waals surface area contributed by atoms with Crippen LogP contribution in [0.5, 0.6) is 0 Å². The van der Waals surface area contributed by atoms with Crippen LogP contribution in [0.3, 0.4) is 0 Å². The van der Waals surface area contributed by atoms with Gasteiger partial charge in [0.2, 0.25) is 5.91 Å². The van der Waals surface area contributed by atoms with Gasteiger partial charge in [-0.05, 0) is 19.3 Å². The van der Waals surface area contributed by atoms with Crippen LogP contribution in [0.2, 0.25) is 0 Å². The number of rotatable bonds is 8. The minimum Gasteiger partial charge on any atom is -0.356 e. The number of carbonyl (C=O) groups excluding carboxylic acids is 2. The maximum atomic E-state index is 11.1. The Bertz CT molecular complexity index is 195. The zero-order valence-electron chi connectivity index (χ0n) is 9.34. The Morgan fingerprint density at radius 2 is 1.67 bits per heavy atom. The third kappa shape index (κ3) is 10.7. The van der Waals surface area contributed by atoms with Crippen LogP contribution in [-0.2, 0) is 4.79 Å². The molecule has 0 rings (SSSR count). The summed E-state index contributed by atoms with van der Waals surface area (Å²) in [6, 6.07) is -0.498. The second-order valence-electron chi connectivity index (χ2n) is 3.45. The van der Waals surface area contributed by atoms with E-state index >= 15 is 0 Å². The third-order valence-electron chi connectivity index (χ3n) is 1.98. The monoisotopic (exact) mass is 215 g/mol. The number of hydrogen-bond acceptors (Lipinski definition) is 2. The van der Waals surface area contributed by atoms with Crippen molar-refractivity contribution in [2.75, 3.05) is 13.1 Å². The van der Waals surface area contributed by atoms with E-state index in [1.165, 1.54) is 0 Å². The van der Waals surface area contributed by atoms with E-state index < -0.39 is 6.03 Å². The summed E-state index contributed by atoms with van der Waals surface area (Å²) in [5, 5.41) is 5.32. The van der Waals surface area contributed by atoms with Gasteiger partial charge in [-0.3, -0.25) is 4.79 Å². The highest BCUT2D eigenvalue weighted by atomic mass is 16.2. The Labute approximate surface area is 90.8 Å². The lowest BCUT2D eigenvalue weighted by Gasteiger charge is -2.04. The smallest absolute Gasteiger partial charge is 0.312 e. The Morgan fingerprint density at radius 1 is 1.07 bits per heavy atom. The zero-order valence-corrected chi connectivity index (χ0v) is 9.34. The molecule has 3 amide bonds. The van der Waals surface area contributed by atoms with Crippen LogP contribution < -0.4 is 16.4 Å². The largest absolute Gasteiger partial charge is 0.356 e. The van der Waals surface area contributed by atoms with Crippen molar-refractivity contribution in [2.45, 2.75) is 39.0 Å². The first-order valence-corrected chi connectivity index (χ1v) is 5.46. The fourth-order valence-electron chi connectivity index (χ4n) is 1.12. The Hall–Kier alpha value is -1.26. The molecule has 0 unspecified atom stereocenters. The van der Waals surface area contributed by atoms with Crippen molar-refractivity contribution in [3.63, 3.8) is 0 Å². The molecule has 0 aliphatic carbocycles. The van der Waals surface area contributed by atoms with Crippen LogP contribution >= 0.6 is 0 Å². The average molecular weight is 215 g/mol. The lowest BCUT2D eigenvalue weighted by atomic mass is 10.2. The van der Waals surface area contributed by atoms with Gasteiger partial charge in [0.05, 0.1) is 0 Å². The van der Waals surface area contributed by atoms with Gasteiger partial charge in [0.1, 0.15) is 0 Å². The van der Waals surface area contributed by atoms with Crippen LogP contribution in [0.15, 0.2) is 0 Å². The summed E-state index contributed by atoms with van der Waals surface area (Å²) in [7, 11) is 0. The van der Waals surface area contributed by atoms with Gasteiger partial charge in [0.15, 0.2) is 0 Å². The fourth-order valence-corrected chi connectivity index (χ4v) is 1.12. The summed E-state index contributed by atoms with van der Waals surface area (Å²) in [5.41, 5.74) is 4.89. The number of nitrogens with two attached hydrogens (primary N) is 1. The molecule has 0 aliphatic rings. The summed E-state index contributed by atoms with van der Waals surface area (Å²) in [6.45, 7) is 3.30. The average Bonchev–Trinajstić information content (AvgIpc) is 2.19. The molecular formula is C10H21N3O2. The topological polar surface area (TPSA) is 84.2 Å². The second-order valence-corrected chi connectivity index (χ2v) is 3.45. The number of hydrogen-bond donors (Lipinski definition) is 3. The maximum Gasteiger partial charge on any atom is 0.312 e. The minimum atomic E-state index is -0.498. The Balaban J connectivity index is 3.16. The first-order chi connectivity index (χ1) is 7.16. The van der Waals surface area contributed by atoms with E-state index in [2.05, 4.69) is 17.6 Å². The molecule has 0 aliphatic heterocycles. The van der Waals surface area contributed by atoms with Gasteiger partial charge in [-0.2, -0.15) is 0 Å². The Kier molecular flexibility index (Phi) is 8.52. The SMILES string of the molecule is CCCCC(=O)NCCCCNC(N)=O. The molecule has 0 radical (unpaired) electrons. The molecule has 0 aromatic heterocycles. The standard InChI is InChI=1S/C10H21N3O2/c1-2-3-6-9(14)12-7-4-5-8-13-10(11)15/h2-8H2,1H3,(H,12,14)(H3,11,13,15). The van der Waals surface area contributed by atoms with E-state index in [1.807, 2.05) is 0 Å². The summed E-state index contributed by atoms with van der Waals surface area (Å²) in [5.74, 6) is 0.111. The van der Waals surface area contributed by atoms with Crippen molar-refractivity contribution in [1.29, 1.82) is 0 Å². The molecule has 0 saturated carbocycles. The zero-order chi connectivity index (χ0) is 11.5. The lowest BCUT2D eigenvalue weighted by Crippen LogP contribution is -2.30. The molecule has 5 nitrogen and oxygen atoms in total. The highest BCUT2D eigenvalue weighted by Gasteiger charge is 1.98. The van der Waals surface area contributed by atoms with E-state index in [4.69, 9.17) is 5.73 Å². The van der Waals surface area contributed by atoms with Crippen molar-refractivity contribution in [2.24, 2.45) is 5.73 Å². The first-order valence-electron chi connectivity index (χ1n) is 5.46. The third-order valence-corrected chi connectivity index (χ3v) is 1.98. The van der Waals surface area contributed by atoms with Crippen molar-refractivity contribution in [3.8, 4) is 0 Å². The van der Waals surface area contributed by atoms with Crippen LogP contribution in [0.4, 0.5) is 4.79 Å². The highest BCUT2D eigenvalue weighted by molar-refractivity contribution is 5.75. The summed E-state index contributed by atoms with van der Waals surface area (Å²) in [6.07, 6.45) is 4.27. The number of urea groups is 1. The molecule has 0 saturated heterocycles. The molecule has 0 bridgehead atoms. The van der Waals surface area contributed by atoms with Crippen LogP contribution in [0.1, 0.15) is 39.0 Å². The molecule has 15 heavy (non-hydrogen) atoms. The lowest BCUT2D eigenvalue weighted by molar-refractivity contribution is -0.121. The van der Waals surface area contributed by atoms with Crippen molar-refractivity contribution in [1.82, 2.24) is 10.6 Å². The maximum absolute atomic E-state index is 11.1. The molecule has 0 fully saturated rings. The van der Waals surface area contributed by atoms with Gasteiger partial charge in [0.25, 0.3) is 0 Å². The molecule has 0 aromatic rings. The fraction of sp³-hybridized carbons (Fsp3) is 0.800. The minimum absolute atomic E-state index is 0.111. The predicted molar refractivity (Wildman–Crippen MR) is 59.4 cm³/mol. The van der Waals surface area contributed by atoms with E-state index in [0.717, 1.165) is 25.7 Å². The molecule has 0 atom stereocenters. The van der Waals surface area contributed by atoms with E-state index in [1.54, 1.807) is 0 Å². The number of amides is 3. The molecule has 4 N–H and O–H groups in total. The molecular weight excluding hydrogens is 194 g/mol. The quantitative estimate of drug-likeness (QED) is 0.522. The highest BCUT2D eigenvalue weighted by Crippen LogP contribution is 1.93. The van der Waals surface area contributed by atoms with Crippen LogP contribution in [-0.4, -0.2) is 25.0 Å². The molecule has 0 spiro atoms. The van der Waals surface area contributed by atoms with Gasteiger partial charge in [0, 0.05) is 19.5 Å². The number of primary amides is 1. The molecule has 0 heterocycles. The van der Waals surface area contributed by atoms with Crippen LogP contribution in [0.25, 0.3) is 0 Å². The number of nitrogens with one attached hydrogen (secondary N) is 2. The van der Waals surface area contributed by atoms with Crippen molar-refractivity contribution >= 4 is 11.9 Å². The number of carbonyl (C=O) groups is 2. The van der Waals surface area contributed by atoms with Crippen LogP contribution in [0, 0.1) is 0 Å². The van der Waals surface area contributed by atoms with E-state index in [0.29, 0.717) is 19.5 Å². The predicted octanol–water partition coefficient (Wildman–Crippen LogP) is 0.741. The normalized spacial score (nSPS) is 9.67. The van der Waals surface area contributed by atoms with Crippen molar-refractivity contribution in [3.05, 3.63) is 0 Å². The second kappa shape index (κ2) is 9.30. The van der Waals surface area contributed by atoms with Gasteiger partial charge in [-0.15, -0.1) is 0 Å². The first kappa shape index (κ1) is 13.7. The molecule has 0 aromatic carbocycles. The summed E-state index contributed by atoms with van der Waals surface area (Å²) in [4.78, 5) is 21.4. The summed E-state index contributed by atoms with van der Waals surface area (Å²) >= 11 is 0.